The lowest BCUT2D eigenvalue weighted by atomic mass is 10.1. The second kappa shape index (κ2) is 13.3. The van der Waals surface area contributed by atoms with Gasteiger partial charge in [0.15, 0.2) is 0 Å². The molecular formula is C29H33Cl2N3O4S. The van der Waals surface area contributed by atoms with E-state index in [-0.39, 0.29) is 33.1 Å². The van der Waals surface area contributed by atoms with Crippen LogP contribution in [0.1, 0.15) is 37.0 Å². The molecule has 0 saturated carbocycles. The van der Waals surface area contributed by atoms with Crippen molar-refractivity contribution in [2.24, 2.45) is 0 Å². The van der Waals surface area contributed by atoms with Gasteiger partial charge in [-0.3, -0.25) is 13.9 Å². The second-order valence-corrected chi connectivity index (χ2v) is 12.0. The van der Waals surface area contributed by atoms with Gasteiger partial charge in [0.05, 0.1) is 15.6 Å². The van der Waals surface area contributed by atoms with Gasteiger partial charge in [-0.1, -0.05) is 72.1 Å². The van der Waals surface area contributed by atoms with E-state index in [2.05, 4.69) is 5.32 Å². The predicted molar refractivity (Wildman–Crippen MR) is 157 cm³/mol. The SMILES string of the molecule is CCCNC(=O)[C@H](C)N(Cc1ccccc1C)C(=O)CN(c1cc(Cl)ccc1Cl)S(=O)(=O)c1ccc(C)cc1. The van der Waals surface area contributed by atoms with Crippen molar-refractivity contribution < 1.29 is 18.0 Å². The Bertz CT molecular complexity index is 1430. The highest BCUT2D eigenvalue weighted by Gasteiger charge is 2.33. The standard InChI is InChI=1S/C29H33Cl2N3O4S/c1-5-16-32-29(36)22(4)33(18-23-9-7-6-8-21(23)3)28(35)19-34(27-17-24(30)12-15-26(27)31)39(37,38)25-13-10-20(2)11-14-25/h6-15,17,22H,5,16,18-19H2,1-4H3,(H,32,36)/t22-/m0/s1. The van der Waals surface area contributed by atoms with Crippen molar-refractivity contribution in [3.63, 3.8) is 0 Å². The fraction of sp³-hybridized carbons (Fsp3) is 0.310. The molecule has 39 heavy (non-hydrogen) atoms. The summed E-state index contributed by atoms with van der Waals surface area (Å²) in [5.74, 6) is -0.892. The van der Waals surface area contributed by atoms with Crippen molar-refractivity contribution in [2.45, 2.75) is 51.6 Å². The fourth-order valence-corrected chi connectivity index (χ4v) is 5.84. The number of benzene rings is 3. The van der Waals surface area contributed by atoms with Crippen molar-refractivity contribution in [3.8, 4) is 0 Å². The van der Waals surface area contributed by atoms with Gasteiger partial charge in [-0.05, 0) is 68.7 Å². The number of aryl methyl sites for hydroxylation is 2. The summed E-state index contributed by atoms with van der Waals surface area (Å²) >= 11 is 12.7. The molecule has 0 aliphatic carbocycles. The third-order valence-corrected chi connectivity index (χ3v) is 8.71. The average Bonchev–Trinajstić information content (AvgIpc) is 2.91. The molecule has 0 aliphatic heterocycles. The molecular weight excluding hydrogens is 557 g/mol. The number of nitrogens with zero attached hydrogens (tertiary/aromatic N) is 2. The fourth-order valence-electron chi connectivity index (χ4n) is 3.98. The Morgan fingerprint density at radius 1 is 0.974 bits per heavy atom. The molecule has 3 aromatic rings. The molecule has 0 spiro atoms. The van der Waals surface area contributed by atoms with E-state index >= 15 is 0 Å². The van der Waals surface area contributed by atoms with Crippen molar-refractivity contribution in [2.75, 3.05) is 17.4 Å². The van der Waals surface area contributed by atoms with E-state index in [0.29, 0.717) is 6.54 Å². The maximum atomic E-state index is 14.0. The Morgan fingerprint density at radius 3 is 2.28 bits per heavy atom. The minimum atomic E-state index is -4.24. The number of hydrogen-bond donors (Lipinski definition) is 1. The van der Waals surface area contributed by atoms with Gasteiger partial charge < -0.3 is 10.2 Å². The first-order chi connectivity index (χ1) is 18.4. The first kappa shape index (κ1) is 30.5. The second-order valence-electron chi connectivity index (χ2n) is 9.34. The average molecular weight is 591 g/mol. The Labute approximate surface area is 240 Å². The van der Waals surface area contributed by atoms with Crippen LogP contribution in [0.25, 0.3) is 0 Å². The first-order valence-electron chi connectivity index (χ1n) is 12.6. The molecule has 0 aliphatic rings. The molecule has 0 bridgehead atoms. The highest BCUT2D eigenvalue weighted by Crippen LogP contribution is 2.33. The summed E-state index contributed by atoms with van der Waals surface area (Å²) in [5.41, 5.74) is 2.74. The molecule has 0 radical (unpaired) electrons. The minimum Gasteiger partial charge on any atom is -0.354 e. The van der Waals surface area contributed by atoms with E-state index in [4.69, 9.17) is 23.2 Å². The highest BCUT2D eigenvalue weighted by molar-refractivity contribution is 7.92. The van der Waals surface area contributed by atoms with Gasteiger partial charge in [0.1, 0.15) is 12.6 Å². The summed E-state index contributed by atoms with van der Waals surface area (Å²) in [6.07, 6.45) is 0.736. The molecule has 1 N–H and O–H groups in total. The zero-order valence-electron chi connectivity index (χ0n) is 22.4. The summed E-state index contributed by atoms with van der Waals surface area (Å²) in [5, 5.41) is 3.20. The van der Waals surface area contributed by atoms with Crippen LogP contribution >= 0.6 is 23.2 Å². The molecule has 2 amide bonds. The normalized spacial score (nSPS) is 12.1. The molecule has 10 heteroatoms. The number of nitrogens with one attached hydrogen (secondary N) is 1. The van der Waals surface area contributed by atoms with Crippen LogP contribution in [-0.4, -0.2) is 44.3 Å². The predicted octanol–water partition coefficient (Wildman–Crippen LogP) is 5.75. The quantitative estimate of drug-likeness (QED) is 0.308. The van der Waals surface area contributed by atoms with Crippen molar-refractivity contribution in [1.29, 1.82) is 0 Å². The van der Waals surface area contributed by atoms with Crippen LogP contribution in [0.5, 0.6) is 0 Å². The molecule has 0 saturated heterocycles. The van der Waals surface area contributed by atoms with E-state index in [1.54, 1.807) is 19.1 Å². The van der Waals surface area contributed by atoms with Crippen LogP contribution < -0.4 is 9.62 Å². The van der Waals surface area contributed by atoms with E-state index in [0.717, 1.165) is 27.4 Å². The smallest absolute Gasteiger partial charge is 0.264 e. The summed E-state index contributed by atoms with van der Waals surface area (Å²) in [6.45, 7) is 7.32. The van der Waals surface area contributed by atoms with Crippen LogP contribution in [0.4, 0.5) is 5.69 Å². The number of sulfonamides is 1. The van der Waals surface area contributed by atoms with Crippen LogP contribution in [0, 0.1) is 13.8 Å². The topological polar surface area (TPSA) is 86.8 Å². The third kappa shape index (κ3) is 7.53. The van der Waals surface area contributed by atoms with Gasteiger partial charge >= 0.3 is 0 Å². The van der Waals surface area contributed by atoms with Crippen LogP contribution in [-0.2, 0) is 26.2 Å². The maximum Gasteiger partial charge on any atom is 0.264 e. The molecule has 0 unspecified atom stereocenters. The summed E-state index contributed by atoms with van der Waals surface area (Å²) in [7, 11) is -4.24. The van der Waals surface area contributed by atoms with Crippen molar-refractivity contribution in [3.05, 3.63) is 93.5 Å². The molecule has 0 aromatic heterocycles. The Hall–Kier alpha value is -3.07. The summed E-state index contributed by atoms with van der Waals surface area (Å²) in [4.78, 5) is 28.3. The lowest BCUT2D eigenvalue weighted by Crippen LogP contribution is -2.51. The molecule has 1 atom stereocenters. The molecule has 208 valence electrons. The van der Waals surface area contributed by atoms with Gasteiger partial charge in [-0.25, -0.2) is 8.42 Å². The van der Waals surface area contributed by atoms with Crippen molar-refractivity contribution >= 4 is 50.7 Å². The van der Waals surface area contributed by atoms with E-state index < -0.39 is 28.5 Å². The lowest BCUT2D eigenvalue weighted by molar-refractivity contribution is -0.139. The van der Waals surface area contributed by atoms with Crippen molar-refractivity contribution in [1.82, 2.24) is 10.2 Å². The zero-order chi connectivity index (χ0) is 28.7. The molecule has 0 heterocycles. The number of halogens is 2. The van der Waals surface area contributed by atoms with Gasteiger partial charge in [0.2, 0.25) is 11.8 Å². The van der Waals surface area contributed by atoms with Gasteiger partial charge in [-0.15, -0.1) is 0 Å². The van der Waals surface area contributed by atoms with Gasteiger partial charge in [0.25, 0.3) is 10.0 Å². The maximum absolute atomic E-state index is 14.0. The van der Waals surface area contributed by atoms with E-state index in [1.165, 1.54) is 35.2 Å². The molecule has 3 aromatic carbocycles. The Balaban J connectivity index is 2.07. The number of carbonyl (C=O) groups is 2. The third-order valence-electron chi connectivity index (χ3n) is 6.38. The van der Waals surface area contributed by atoms with E-state index in [1.807, 2.05) is 45.0 Å². The van der Waals surface area contributed by atoms with Crippen LogP contribution in [0.15, 0.2) is 71.6 Å². The number of anilines is 1. The first-order valence-corrected chi connectivity index (χ1v) is 14.8. The highest BCUT2D eigenvalue weighted by atomic mass is 35.5. The van der Waals surface area contributed by atoms with Gasteiger partial charge in [0, 0.05) is 18.1 Å². The van der Waals surface area contributed by atoms with Crippen LogP contribution in [0.2, 0.25) is 10.0 Å². The lowest BCUT2D eigenvalue weighted by Gasteiger charge is -2.32. The molecule has 0 fully saturated rings. The zero-order valence-corrected chi connectivity index (χ0v) is 24.8. The number of amides is 2. The molecule has 3 rings (SSSR count). The monoisotopic (exact) mass is 589 g/mol. The number of rotatable bonds is 11. The van der Waals surface area contributed by atoms with Gasteiger partial charge in [-0.2, -0.15) is 0 Å². The summed E-state index contributed by atoms with van der Waals surface area (Å²) < 4.78 is 28.7. The van der Waals surface area contributed by atoms with Crippen LogP contribution in [0.3, 0.4) is 0 Å². The number of hydrogen-bond acceptors (Lipinski definition) is 4. The minimum absolute atomic E-state index is 0.00358. The Kier molecular flexibility index (Phi) is 10.4. The molecule has 7 nitrogen and oxygen atoms in total. The summed E-state index contributed by atoms with van der Waals surface area (Å²) in [6, 6.07) is 17.4. The number of carbonyl (C=O) groups excluding carboxylic acids is 2. The largest absolute Gasteiger partial charge is 0.354 e. The van der Waals surface area contributed by atoms with E-state index in [9.17, 15) is 18.0 Å². The Morgan fingerprint density at radius 2 is 1.64 bits per heavy atom.